The van der Waals surface area contributed by atoms with Gasteiger partial charge in [0.25, 0.3) is 11.8 Å². The molecule has 3 rings (SSSR count). The number of anilines is 1. The number of amides is 4. The quantitative estimate of drug-likeness (QED) is 0.354. The number of benzene rings is 2. The Morgan fingerprint density at radius 1 is 1.15 bits per heavy atom. The van der Waals surface area contributed by atoms with Crippen LogP contribution in [0.25, 0.3) is 6.08 Å². The summed E-state index contributed by atoms with van der Waals surface area (Å²) in [5.74, 6) is -1.40. The third-order valence-corrected chi connectivity index (χ3v) is 5.17. The molecule has 0 radical (unpaired) electrons. The van der Waals surface area contributed by atoms with Gasteiger partial charge in [0.1, 0.15) is 11.3 Å². The van der Waals surface area contributed by atoms with Crippen molar-refractivity contribution >= 4 is 68.1 Å². The number of hydrogen-bond acceptors (Lipinski definition) is 4. The van der Waals surface area contributed by atoms with Gasteiger partial charge in [-0.05, 0) is 81.3 Å². The fourth-order valence-electron chi connectivity index (χ4n) is 2.42. The van der Waals surface area contributed by atoms with Crippen LogP contribution in [0.15, 0.2) is 46.4 Å². The molecule has 2 aromatic carbocycles. The third kappa shape index (κ3) is 3.51. The van der Waals surface area contributed by atoms with Crippen LogP contribution in [0.5, 0.6) is 5.75 Å². The topological polar surface area (TPSA) is 86.7 Å². The molecule has 4 amide bonds. The highest BCUT2D eigenvalue weighted by Crippen LogP contribution is 2.31. The zero-order valence-corrected chi connectivity index (χ0v) is 17.2. The van der Waals surface area contributed by atoms with Crippen molar-refractivity contribution in [3.63, 3.8) is 0 Å². The molecule has 6 nitrogen and oxygen atoms in total. The number of phenols is 1. The van der Waals surface area contributed by atoms with Crippen LogP contribution in [0.4, 0.5) is 10.5 Å². The first-order valence-electron chi connectivity index (χ1n) is 7.44. The van der Waals surface area contributed by atoms with Gasteiger partial charge in [-0.15, -0.1) is 0 Å². The Kier molecular flexibility index (Phi) is 5.15. The van der Waals surface area contributed by atoms with Crippen LogP contribution in [-0.4, -0.2) is 23.0 Å². The lowest BCUT2D eigenvalue weighted by Crippen LogP contribution is -2.54. The van der Waals surface area contributed by atoms with E-state index in [0.717, 1.165) is 10.5 Å². The molecule has 26 heavy (non-hydrogen) atoms. The number of phenolic OH excluding ortho intramolecular Hbond substituents is 1. The molecule has 0 bridgehead atoms. The molecule has 1 aliphatic heterocycles. The summed E-state index contributed by atoms with van der Waals surface area (Å²) in [5.41, 5.74) is 1.72. The minimum atomic E-state index is -0.789. The number of imide groups is 2. The summed E-state index contributed by atoms with van der Waals surface area (Å²) in [6.07, 6.45) is 1.39. The predicted octanol–water partition coefficient (Wildman–Crippen LogP) is 3.73. The van der Waals surface area contributed by atoms with Gasteiger partial charge in [-0.1, -0.05) is 17.7 Å². The summed E-state index contributed by atoms with van der Waals surface area (Å²) < 4.78 is 0.991. The fraction of sp³-hybridized carbons (Fsp3) is 0.0556. The van der Waals surface area contributed by atoms with Gasteiger partial charge in [0.2, 0.25) is 0 Å². The Balaban J connectivity index is 2.04. The van der Waals surface area contributed by atoms with Gasteiger partial charge in [-0.2, -0.15) is 0 Å². The van der Waals surface area contributed by atoms with Gasteiger partial charge < -0.3 is 5.11 Å². The number of nitrogens with zero attached hydrogens (tertiary/aromatic N) is 1. The summed E-state index contributed by atoms with van der Waals surface area (Å²) in [5, 5.41) is 12.0. The highest BCUT2D eigenvalue weighted by atomic mass is 127. The lowest BCUT2D eigenvalue weighted by molar-refractivity contribution is -0.122. The minimum absolute atomic E-state index is 0.0728. The largest absolute Gasteiger partial charge is 0.506 e. The van der Waals surface area contributed by atoms with E-state index in [1.165, 1.54) is 6.08 Å². The molecule has 1 aliphatic rings. The molecular weight excluding hydrogens is 515 g/mol. The maximum Gasteiger partial charge on any atom is 0.335 e. The number of barbiturate groups is 1. The molecule has 0 aliphatic carbocycles. The number of halogens is 2. The molecule has 0 aromatic heterocycles. The lowest BCUT2D eigenvalue weighted by atomic mass is 10.1. The first-order valence-corrected chi connectivity index (χ1v) is 9.31. The van der Waals surface area contributed by atoms with Crippen molar-refractivity contribution in [2.75, 3.05) is 4.90 Å². The molecule has 0 unspecified atom stereocenters. The third-order valence-electron chi connectivity index (χ3n) is 3.74. The van der Waals surface area contributed by atoms with Crippen LogP contribution >= 0.6 is 38.5 Å². The Labute approximate surface area is 171 Å². The second-order valence-corrected chi connectivity index (χ2v) is 7.64. The molecule has 1 heterocycles. The van der Waals surface area contributed by atoms with Crippen molar-refractivity contribution in [1.82, 2.24) is 5.32 Å². The zero-order valence-electron chi connectivity index (χ0n) is 13.4. The van der Waals surface area contributed by atoms with Gasteiger partial charge in [0, 0.05) is 0 Å². The summed E-state index contributed by atoms with van der Waals surface area (Å²) in [4.78, 5) is 38.0. The van der Waals surface area contributed by atoms with E-state index in [4.69, 9.17) is 0 Å². The molecule has 2 aromatic rings. The van der Waals surface area contributed by atoms with Crippen molar-refractivity contribution in [1.29, 1.82) is 0 Å². The predicted molar refractivity (Wildman–Crippen MR) is 109 cm³/mol. The SMILES string of the molecule is Cc1ccc(N2C(=O)NC(=O)/C(=C\c3cc(Br)c(O)c(I)c3)C2=O)cc1. The summed E-state index contributed by atoms with van der Waals surface area (Å²) >= 11 is 5.16. The Morgan fingerprint density at radius 2 is 1.81 bits per heavy atom. The first kappa shape index (κ1) is 18.6. The Morgan fingerprint density at radius 3 is 2.42 bits per heavy atom. The smallest absolute Gasteiger partial charge is 0.335 e. The van der Waals surface area contributed by atoms with Crippen molar-refractivity contribution in [3.05, 3.63) is 61.1 Å². The minimum Gasteiger partial charge on any atom is -0.506 e. The lowest BCUT2D eigenvalue weighted by Gasteiger charge is -2.26. The van der Waals surface area contributed by atoms with Gasteiger partial charge >= 0.3 is 6.03 Å². The second-order valence-electron chi connectivity index (χ2n) is 5.63. The molecule has 0 spiro atoms. The number of carbonyl (C=O) groups excluding carboxylic acids is 3. The van der Waals surface area contributed by atoms with E-state index in [9.17, 15) is 19.5 Å². The van der Waals surface area contributed by atoms with Gasteiger partial charge in [-0.25, -0.2) is 9.69 Å². The van der Waals surface area contributed by atoms with Crippen molar-refractivity contribution < 1.29 is 19.5 Å². The number of rotatable bonds is 2. The number of nitrogens with one attached hydrogen (secondary N) is 1. The summed E-state index contributed by atoms with van der Waals surface area (Å²) in [7, 11) is 0. The normalized spacial score (nSPS) is 16.2. The van der Waals surface area contributed by atoms with Crippen molar-refractivity contribution in [2.45, 2.75) is 6.92 Å². The van der Waals surface area contributed by atoms with Crippen LogP contribution in [-0.2, 0) is 9.59 Å². The molecule has 8 heteroatoms. The summed E-state index contributed by atoms with van der Waals surface area (Å²) in [6, 6.07) is 9.24. The Hall–Kier alpha value is -2.20. The number of aryl methyl sites for hydroxylation is 1. The maximum atomic E-state index is 12.8. The molecule has 1 fully saturated rings. The van der Waals surface area contributed by atoms with Crippen molar-refractivity contribution in [2.24, 2.45) is 0 Å². The molecule has 0 atom stereocenters. The molecular formula is C18H12BrIN2O4. The number of aromatic hydroxyl groups is 1. The average molecular weight is 527 g/mol. The van der Waals surface area contributed by atoms with Crippen LogP contribution in [0.3, 0.4) is 0 Å². The van der Waals surface area contributed by atoms with Gasteiger partial charge in [0.05, 0.1) is 13.7 Å². The first-order chi connectivity index (χ1) is 12.3. The van der Waals surface area contributed by atoms with Crippen LogP contribution in [0.2, 0.25) is 0 Å². The fourth-order valence-corrected chi connectivity index (χ4v) is 3.92. The van der Waals surface area contributed by atoms with Crippen LogP contribution in [0, 0.1) is 10.5 Å². The molecule has 0 saturated carbocycles. The number of carbonyl (C=O) groups is 3. The molecule has 132 valence electrons. The zero-order chi connectivity index (χ0) is 19.0. The molecule has 2 N–H and O–H groups in total. The van der Waals surface area contributed by atoms with Crippen LogP contribution < -0.4 is 10.2 Å². The Bertz CT molecular complexity index is 947. The van der Waals surface area contributed by atoms with Crippen molar-refractivity contribution in [3.8, 4) is 5.75 Å². The van der Waals surface area contributed by atoms with Gasteiger partial charge in [-0.3, -0.25) is 14.9 Å². The highest BCUT2D eigenvalue weighted by molar-refractivity contribution is 14.1. The van der Waals surface area contributed by atoms with E-state index >= 15 is 0 Å². The monoisotopic (exact) mass is 526 g/mol. The second kappa shape index (κ2) is 7.20. The maximum absolute atomic E-state index is 12.8. The van der Waals surface area contributed by atoms with Gasteiger partial charge in [0.15, 0.2) is 0 Å². The number of urea groups is 1. The average Bonchev–Trinajstić information content (AvgIpc) is 2.58. The standard InChI is InChI=1S/C18H12BrIN2O4/c1-9-2-4-11(5-3-9)22-17(25)12(16(24)21-18(22)26)6-10-7-13(19)15(23)14(20)8-10/h2-8,23H,1H3,(H,21,24,26)/b12-6+. The van der Waals surface area contributed by atoms with E-state index in [1.807, 2.05) is 29.5 Å². The molecule has 1 saturated heterocycles. The highest BCUT2D eigenvalue weighted by Gasteiger charge is 2.36. The number of hydrogen-bond donors (Lipinski definition) is 2. The van der Waals surface area contributed by atoms with E-state index < -0.39 is 17.8 Å². The summed E-state index contributed by atoms with van der Waals surface area (Å²) in [6.45, 7) is 1.89. The van der Waals surface area contributed by atoms with E-state index in [2.05, 4.69) is 21.2 Å². The van der Waals surface area contributed by atoms with E-state index in [0.29, 0.717) is 19.3 Å². The van der Waals surface area contributed by atoms with Crippen LogP contribution in [0.1, 0.15) is 11.1 Å². The van der Waals surface area contributed by atoms with E-state index in [-0.39, 0.29) is 11.3 Å². The van der Waals surface area contributed by atoms with E-state index in [1.54, 1.807) is 36.4 Å².